The number of aromatic nitrogens is 2. The number of ether oxygens (including phenoxy) is 2. The van der Waals surface area contributed by atoms with Gasteiger partial charge in [-0.05, 0) is 29.8 Å². The van der Waals surface area contributed by atoms with Gasteiger partial charge in [-0.2, -0.15) is 0 Å². The molecule has 126 valence electrons. The summed E-state index contributed by atoms with van der Waals surface area (Å²) in [7, 11) is 3.26. The van der Waals surface area contributed by atoms with Crippen molar-refractivity contribution in [3.05, 3.63) is 60.2 Å². The Morgan fingerprint density at radius 3 is 2.17 bits per heavy atom. The summed E-state index contributed by atoms with van der Waals surface area (Å²) in [5, 5.41) is 4.50. The largest absolute Gasteiger partial charge is 0.497 e. The number of hydrogen-bond donors (Lipinski definition) is 1. The zero-order chi connectivity index (χ0) is 16.2. The summed E-state index contributed by atoms with van der Waals surface area (Å²) in [4.78, 5) is 0. The molecule has 0 aliphatic rings. The summed E-state index contributed by atoms with van der Waals surface area (Å²) in [6.45, 7) is 0.529. The highest BCUT2D eigenvalue weighted by molar-refractivity contribution is 5.85. The van der Waals surface area contributed by atoms with Crippen LogP contribution in [-0.2, 0) is 6.54 Å². The van der Waals surface area contributed by atoms with Crippen LogP contribution in [0.5, 0.6) is 11.6 Å². The molecule has 3 rings (SSSR count). The van der Waals surface area contributed by atoms with E-state index in [1.165, 1.54) is 0 Å². The molecule has 0 spiro atoms. The van der Waals surface area contributed by atoms with Crippen molar-refractivity contribution < 1.29 is 9.47 Å². The number of halogens is 1. The van der Waals surface area contributed by atoms with Crippen molar-refractivity contribution in [3.63, 3.8) is 0 Å². The van der Waals surface area contributed by atoms with Crippen LogP contribution in [0.4, 0.5) is 0 Å². The SMILES string of the molecule is COc1ccc(-n2nc(OC)cc2-c2ccc(CN)cc2)cc1.Cl. The topological polar surface area (TPSA) is 62.3 Å². The molecule has 2 N–H and O–H groups in total. The Hall–Kier alpha value is -2.50. The fourth-order valence-electron chi connectivity index (χ4n) is 2.40. The maximum Gasteiger partial charge on any atom is 0.233 e. The molecular formula is C18H20ClN3O2. The molecule has 24 heavy (non-hydrogen) atoms. The Bertz CT molecular complexity index is 718. The molecule has 0 bridgehead atoms. The van der Waals surface area contributed by atoms with E-state index < -0.39 is 0 Å². The average molecular weight is 346 g/mol. The van der Waals surface area contributed by atoms with Crippen LogP contribution < -0.4 is 15.2 Å². The monoisotopic (exact) mass is 345 g/mol. The molecule has 6 heteroatoms. The summed E-state index contributed by atoms with van der Waals surface area (Å²) < 4.78 is 12.4. The number of methoxy groups -OCH3 is 2. The summed E-state index contributed by atoms with van der Waals surface area (Å²) in [5.74, 6) is 1.38. The van der Waals surface area contributed by atoms with Crippen molar-refractivity contribution in [1.82, 2.24) is 9.78 Å². The van der Waals surface area contributed by atoms with Crippen LogP contribution in [0, 0.1) is 0 Å². The van der Waals surface area contributed by atoms with Crippen molar-refractivity contribution in [2.75, 3.05) is 14.2 Å². The molecule has 0 radical (unpaired) electrons. The first-order chi connectivity index (χ1) is 11.2. The fourth-order valence-corrected chi connectivity index (χ4v) is 2.40. The highest BCUT2D eigenvalue weighted by Crippen LogP contribution is 2.28. The Morgan fingerprint density at radius 1 is 0.958 bits per heavy atom. The third-order valence-electron chi connectivity index (χ3n) is 3.70. The van der Waals surface area contributed by atoms with E-state index in [1.807, 2.05) is 59.3 Å². The van der Waals surface area contributed by atoms with E-state index in [0.717, 1.165) is 28.3 Å². The van der Waals surface area contributed by atoms with Crippen LogP contribution in [0.2, 0.25) is 0 Å². The van der Waals surface area contributed by atoms with Gasteiger partial charge >= 0.3 is 0 Å². The summed E-state index contributed by atoms with van der Waals surface area (Å²) >= 11 is 0. The number of nitrogens with two attached hydrogens (primary N) is 1. The standard InChI is InChI=1S/C18H19N3O2.ClH/c1-22-16-9-7-15(8-10-16)21-17(11-18(20-21)23-2)14-5-3-13(12-19)4-6-14;/h3-11H,12,19H2,1-2H3;1H. The predicted molar refractivity (Wildman–Crippen MR) is 97.2 cm³/mol. The Balaban J connectivity index is 0.00000208. The number of hydrogen-bond acceptors (Lipinski definition) is 4. The Morgan fingerprint density at radius 2 is 1.62 bits per heavy atom. The lowest BCUT2D eigenvalue weighted by Crippen LogP contribution is -2.00. The van der Waals surface area contributed by atoms with Crippen LogP contribution in [0.1, 0.15) is 5.56 Å². The van der Waals surface area contributed by atoms with E-state index in [-0.39, 0.29) is 12.4 Å². The number of benzene rings is 2. The molecular weight excluding hydrogens is 326 g/mol. The van der Waals surface area contributed by atoms with E-state index in [9.17, 15) is 0 Å². The first kappa shape index (κ1) is 17.8. The van der Waals surface area contributed by atoms with Gasteiger partial charge in [0.15, 0.2) is 0 Å². The minimum Gasteiger partial charge on any atom is -0.497 e. The molecule has 3 aromatic rings. The summed E-state index contributed by atoms with van der Waals surface area (Å²) in [6, 6.07) is 17.8. The van der Waals surface area contributed by atoms with Crippen LogP contribution in [0.25, 0.3) is 16.9 Å². The Kier molecular flexibility index (Phi) is 5.84. The third-order valence-corrected chi connectivity index (χ3v) is 3.70. The molecule has 5 nitrogen and oxygen atoms in total. The molecule has 0 saturated carbocycles. The van der Waals surface area contributed by atoms with Gasteiger partial charge in [0.2, 0.25) is 5.88 Å². The van der Waals surface area contributed by atoms with Gasteiger partial charge in [-0.25, -0.2) is 4.68 Å². The third kappa shape index (κ3) is 3.53. The normalized spacial score (nSPS) is 10.1. The van der Waals surface area contributed by atoms with E-state index in [0.29, 0.717) is 12.4 Å². The van der Waals surface area contributed by atoms with Crippen molar-refractivity contribution in [2.24, 2.45) is 5.73 Å². The average Bonchev–Trinajstić information content (AvgIpc) is 3.06. The minimum absolute atomic E-state index is 0. The molecule has 0 aliphatic heterocycles. The second-order valence-electron chi connectivity index (χ2n) is 5.08. The van der Waals surface area contributed by atoms with Gasteiger partial charge < -0.3 is 15.2 Å². The van der Waals surface area contributed by atoms with Crippen LogP contribution in [0.3, 0.4) is 0 Å². The van der Waals surface area contributed by atoms with E-state index in [1.54, 1.807) is 14.2 Å². The van der Waals surface area contributed by atoms with Gasteiger partial charge in [0.25, 0.3) is 0 Å². The lowest BCUT2D eigenvalue weighted by molar-refractivity contribution is 0.394. The molecule has 1 aromatic heterocycles. The van der Waals surface area contributed by atoms with Crippen LogP contribution in [0.15, 0.2) is 54.6 Å². The smallest absolute Gasteiger partial charge is 0.233 e. The maximum atomic E-state index is 5.66. The quantitative estimate of drug-likeness (QED) is 0.769. The maximum absolute atomic E-state index is 5.66. The van der Waals surface area contributed by atoms with Crippen molar-refractivity contribution >= 4 is 12.4 Å². The van der Waals surface area contributed by atoms with Gasteiger partial charge in [0, 0.05) is 18.2 Å². The molecule has 0 fully saturated rings. The number of nitrogens with zero attached hydrogens (tertiary/aromatic N) is 2. The zero-order valence-electron chi connectivity index (χ0n) is 13.6. The van der Waals surface area contributed by atoms with Gasteiger partial charge in [0.1, 0.15) is 5.75 Å². The van der Waals surface area contributed by atoms with Crippen molar-refractivity contribution in [1.29, 1.82) is 0 Å². The molecule has 1 heterocycles. The fraction of sp³-hybridized carbons (Fsp3) is 0.167. The van der Waals surface area contributed by atoms with Crippen LogP contribution in [-0.4, -0.2) is 24.0 Å². The van der Waals surface area contributed by atoms with Crippen molar-refractivity contribution in [2.45, 2.75) is 6.54 Å². The van der Waals surface area contributed by atoms with Gasteiger partial charge in [0.05, 0.1) is 25.6 Å². The first-order valence-corrected chi connectivity index (χ1v) is 7.33. The van der Waals surface area contributed by atoms with Gasteiger partial charge in [-0.15, -0.1) is 17.5 Å². The highest BCUT2D eigenvalue weighted by Gasteiger charge is 2.12. The summed E-state index contributed by atoms with van der Waals surface area (Å²) in [5.41, 5.74) is 9.70. The van der Waals surface area contributed by atoms with Gasteiger partial charge in [-0.1, -0.05) is 24.3 Å². The molecule has 2 aromatic carbocycles. The first-order valence-electron chi connectivity index (χ1n) is 7.33. The van der Waals surface area contributed by atoms with E-state index >= 15 is 0 Å². The van der Waals surface area contributed by atoms with Crippen molar-refractivity contribution in [3.8, 4) is 28.6 Å². The predicted octanol–water partition coefficient (Wildman–Crippen LogP) is 3.44. The summed E-state index contributed by atoms with van der Waals surface area (Å²) in [6.07, 6.45) is 0. The lowest BCUT2D eigenvalue weighted by atomic mass is 10.1. The zero-order valence-corrected chi connectivity index (χ0v) is 14.4. The molecule has 0 saturated heterocycles. The Labute approximate surface area is 147 Å². The lowest BCUT2D eigenvalue weighted by Gasteiger charge is -2.08. The van der Waals surface area contributed by atoms with Gasteiger partial charge in [-0.3, -0.25) is 0 Å². The van der Waals surface area contributed by atoms with E-state index in [4.69, 9.17) is 15.2 Å². The molecule has 0 atom stereocenters. The second-order valence-corrected chi connectivity index (χ2v) is 5.08. The minimum atomic E-state index is 0. The highest BCUT2D eigenvalue weighted by atomic mass is 35.5. The second kappa shape index (κ2) is 7.86. The molecule has 0 aliphatic carbocycles. The molecule has 0 amide bonds. The molecule has 0 unspecified atom stereocenters. The van der Waals surface area contributed by atoms with E-state index in [2.05, 4.69) is 5.10 Å². The van der Waals surface area contributed by atoms with Crippen LogP contribution >= 0.6 is 12.4 Å². The number of rotatable bonds is 5.